The molecule has 2 atom stereocenters. The van der Waals surface area contributed by atoms with E-state index in [4.69, 9.17) is 4.42 Å². The molecule has 164 valence electrons. The smallest absolute Gasteiger partial charge is 0.285 e. The summed E-state index contributed by atoms with van der Waals surface area (Å²) in [4.78, 5) is 17.6. The van der Waals surface area contributed by atoms with Gasteiger partial charge in [-0.2, -0.15) is 8.42 Å². The van der Waals surface area contributed by atoms with Gasteiger partial charge in [-0.25, -0.2) is 0 Å². The molecule has 2 aromatic rings. The number of amides is 1. The highest BCUT2D eigenvalue weighted by molar-refractivity contribution is 7.90. The third kappa shape index (κ3) is 3.76. The highest BCUT2D eigenvalue weighted by Crippen LogP contribution is 2.31. The number of nitrogens with zero attached hydrogens (tertiary/aromatic N) is 3. The number of benzene rings is 1. The summed E-state index contributed by atoms with van der Waals surface area (Å²) < 4.78 is 34.6. The summed E-state index contributed by atoms with van der Waals surface area (Å²) in [6, 6.07) is 10.2. The summed E-state index contributed by atoms with van der Waals surface area (Å²) in [5.41, 5.74) is 0.577. The molecular weight excluding hydrogens is 416 g/mol. The van der Waals surface area contributed by atoms with Crippen LogP contribution >= 0.6 is 0 Å². The summed E-state index contributed by atoms with van der Waals surface area (Å²) in [5, 5.41) is 3.10. The molecule has 4 heterocycles. The van der Waals surface area contributed by atoms with Crippen LogP contribution in [0.4, 0.5) is 0 Å². The summed E-state index contributed by atoms with van der Waals surface area (Å²) in [6.07, 6.45) is 5.44. The van der Waals surface area contributed by atoms with Crippen LogP contribution in [0.2, 0.25) is 0 Å². The summed E-state index contributed by atoms with van der Waals surface area (Å²) in [7, 11) is -3.71. The number of sulfonamides is 1. The Morgan fingerprint density at radius 1 is 1.13 bits per heavy atom. The zero-order valence-electron chi connectivity index (χ0n) is 17.2. The molecule has 1 amide bonds. The van der Waals surface area contributed by atoms with Gasteiger partial charge in [-0.3, -0.25) is 9.69 Å². The number of amidine groups is 1. The standard InChI is InChI=1S/C22H26N4O4S/c27-22(23-15-18(19-9-6-14-30-19)25-11-3-4-12-25)17-8-5-13-26(17)21-16-7-1-2-10-20(16)31(28,29)24-21/h1-2,6-7,9-10,14,17-18H,3-5,8,11-13,15H2,(H,23,27)/t17-,18+/m1/s1. The Hall–Kier alpha value is -2.65. The number of carbonyl (C=O) groups excluding carboxylic acids is 1. The normalized spacial score (nSPS) is 23.5. The van der Waals surface area contributed by atoms with Crippen molar-refractivity contribution in [2.24, 2.45) is 4.40 Å². The molecule has 0 unspecified atom stereocenters. The molecule has 0 bridgehead atoms. The van der Waals surface area contributed by atoms with Gasteiger partial charge in [-0.1, -0.05) is 12.1 Å². The molecule has 2 saturated heterocycles. The van der Waals surface area contributed by atoms with Gasteiger partial charge < -0.3 is 14.6 Å². The molecule has 31 heavy (non-hydrogen) atoms. The minimum Gasteiger partial charge on any atom is -0.468 e. The Morgan fingerprint density at radius 2 is 1.94 bits per heavy atom. The van der Waals surface area contributed by atoms with Crippen LogP contribution in [0.15, 0.2) is 56.4 Å². The zero-order chi connectivity index (χ0) is 21.4. The predicted octanol–water partition coefficient (Wildman–Crippen LogP) is 2.15. The van der Waals surface area contributed by atoms with Crippen LogP contribution in [0.25, 0.3) is 0 Å². The first kappa shape index (κ1) is 20.3. The van der Waals surface area contributed by atoms with Crippen LogP contribution in [0.5, 0.6) is 0 Å². The molecule has 0 radical (unpaired) electrons. The van der Waals surface area contributed by atoms with Crippen molar-refractivity contribution in [3.8, 4) is 0 Å². The van der Waals surface area contributed by atoms with Gasteiger partial charge in [0.2, 0.25) is 5.91 Å². The lowest BCUT2D eigenvalue weighted by Crippen LogP contribution is -2.47. The molecule has 5 rings (SSSR count). The quantitative estimate of drug-likeness (QED) is 0.762. The number of carbonyl (C=O) groups is 1. The van der Waals surface area contributed by atoms with Gasteiger partial charge in [0, 0.05) is 18.7 Å². The van der Waals surface area contributed by atoms with E-state index in [1.54, 1.807) is 30.5 Å². The summed E-state index contributed by atoms with van der Waals surface area (Å²) in [6.45, 7) is 3.04. The molecule has 2 fully saturated rings. The maximum atomic E-state index is 13.2. The first-order valence-corrected chi connectivity index (χ1v) is 12.2. The molecular formula is C22H26N4O4S. The van der Waals surface area contributed by atoms with E-state index in [-0.39, 0.29) is 16.8 Å². The van der Waals surface area contributed by atoms with E-state index < -0.39 is 16.1 Å². The Bertz CT molecular complexity index is 1090. The first-order chi connectivity index (χ1) is 15.0. The van der Waals surface area contributed by atoms with Crippen LogP contribution in [0.1, 0.15) is 43.0 Å². The van der Waals surface area contributed by atoms with E-state index in [0.29, 0.717) is 30.9 Å². The number of fused-ring (bicyclic) bond motifs is 1. The molecule has 8 nitrogen and oxygen atoms in total. The van der Waals surface area contributed by atoms with Crippen molar-refractivity contribution in [2.75, 3.05) is 26.2 Å². The van der Waals surface area contributed by atoms with Gasteiger partial charge in [0.25, 0.3) is 10.0 Å². The van der Waals surface area contributed by atoms with Gasteiger partial charge >= 0.3 is 0 Å². The number of furan rings is 1. The van der Waals surface area contributed by atoms with Crippen LogP contribution in [0.3, 0.4) is 0 Å². The maximum Gasteiger partial charge on any atom is 0.285 e. The number of rotatable bonds is 5. The fourth-order valence-corrected chi connectivity index (χ4v) is 6.06. The summed E-state index contributed by atoms with van der Waals surface area (Å²) in [5.74, 6) is 1.14. The van der Waals surface area contributed by atoms with Crippen molar-refractivity contribution in [3.63, 3.8) is 0 Å². The molecule has 1 aromatic heterocycles. The first-order valence-electron chi connectivity index (χ1n) is 10.8. The van der Waals surface area contributed by atoms with Gasteiger partial charge in [-0.15, -0.1) is 4.40 Å². The van der Waals surface area contributed by atoms with Gasteiger partial charge in [0.05, 0.1) is 12.3 Å². The van der Waals surface area contributed by atoms with Crippen LogP contribution in [0, 0.1) is 0 Å². The molecule has 3 aliphatic rings. The topological polar surface area (TPSA) is 95.2 Å². The number of nitrogens with one attached hydrogen (secondary N) is 1. The average Bonchev–Trinajstić information content (AvgIpc) is 3.56. The second-order valence-electron chi connectivity index (χ2n) is 8.26. The minimum atomic E-state index is -3.71. The fourth-order valence-electron chi connectivity index (χ4n) is 4.85. The third-order valence-corrected chi connectivity index (χ3v) is 7.69. The van der Waals surface area contributed by atoms with E-state index in [0.717, 1.165) is 38.1 Å². The largest absolute Gasteiger partial charge is 0.468 e. The molecule has 0 spiro atoms. The predicted molar refractivity (Wildman–Crippen MR) is 115 cm³/mol. The van der Waals surface area contributed by atoms with Gasteiger partial charge in [0.1, 0.15) is 16.7 Å². The highest BCUT2D eigenvalue weighted by atomic mass is 32.2. The second kappa shape index (κ2) is 8.12. The number of likely N-dealkylation sites (tertiary alicyclic amines) is 2. The molecule has 0 saturated carbocycles. The Labute approximate surface area is 182 Å². The molecule has 1 N–H and O–H groups in total. The van der Waals surface area contributed by atoms with Crippen molar-refractivity contribution < 1.29 is 17.6 Å². The van der Waals surface area contributed by atoms with E-state index in [1.165, 1.54) is 0 Å². The highest BCUT2D eigenvalue weighted by Gasteiger charge is 2.39. The third-order valence-electron chi connectivity index (χ3n) is 6.36. The Kier molecular flexibility index (Phi) is 5.31. The lowest BCUT2D eigenvalue weighted by atomic mass is 10.1. The number of hydrogen-bond donors (Lipinski definition) is 1. The maximum absolute atomic E-state index is 13.2. The van der Waals surface area contributed by atoms with Crippen LogP contribution < -0.4 is 5.32 Å². The van der Waals surface area contributed by atoms with Crippen molar-refractivity contribution in [1.82, 2.24) is 15.1 Å². The Balaban J connectivity index is 1.33. The van der Waals surface area contributed by atoms with Crippen molar-refractivity contribution >= 4 is 21.8 Å². The van der Waals surface area contributed by atoms with Crippen LogP contribution in [-0.4, -0.2) is 62.2 Å². The average molecular weight is 443 g/mol. The van der Waals surface area contributed by atoms with E-state index in [2.05, 4.69) is 14.6 Å². The second-order valence-corrected chi connectivity index (χ2v) is 9.83. The van der Waals surface area contributed by atoms with E-state index in [1.807, 2.05) is 17.0 Å². The van der Waals surface area contributed by atoms with Crippen molar-refractivity contribution in [3.05, 3.63) is 54.0 Å². The lowest BCUT2D eigenvalue weighted by Gasteiger charge is -2.29. The zero-order valence-corrected chi connectivity index (χ0v) is 18.1. The minimum absolute atomic E-state index is 0.00114. The summed E-state index contributed by atoms with van der Waals surface area (Å²) >= 11 is 0. The lowest BCUT2D eigenvalue weighted by molar-refractivity contribution is -0.124. The van der Waals surface area contributed by atoms with Crippen molar-refractivity contribution in [2.45, 2.75) is 42.7 Å². The molecule has 9 heteroatoms. The SMILES string of the molecule is O=C(NC[C@@H](c1ccco1)N1CCCC1)[C@H]1CCCN1C1=NS(=O)(=O)c2ccccc21. The molecule has 0 aliphatic carbocycles. The Morgan fingerprint density at radius 3 is 2.71 bits per heavy atom. The monoisotopic (exact) mass is 442 g/mol. The fraction of sp³-hybridized carbons (Fsp3) is 0.455. The molecule has 3 aliphatic heterocycles. The number of hydrogen-bond acceptors (Lipinski definition) is 6. The van der Waals surface area contributed by atoms with E-state index in [9.17, 15) is 13.2 Å². The molecule has 1 aromatic carbocycles. The van der Waals surface area contributed by atoms with Crippen LogP contribution in [-0.2, 0) is 14.8 Å². The van der Waals surface area contributed by atoms with Gasteiger partial charge in [0.15, 0.2) is 5.84 Å². The van der Waals surface area contributed by atoms with Gasteiger partial charge in [-0.05, 0) is 63.0 Å². The van der Waals surface area contributed by atoms with Crippen molar-refractivity contribution in [1.29, 1.82) is 0 Å². The van der Waals surface area contributed by atoms with E-state index >= 15 is 0 Å².